The van der Waals surface area contributed by atoms with Crippen LogP contribution in [0, 0.1) is 0 Å². The van der Waals surface area contributed by atoms with Crippen LogP contribution in [0.5, 0.6) is 0 Å². The topological polar surface area (TPSA) is 54.7 Å². The fourth-order valence-electron chi connectivity index (χ4n) is 1.70. The Morgan fingerprint density at radius 1 is 1.29 bits per heavy atom. The molecule has 0 aliphatic heterocycles. The minimum Gasteiger partial charge on any atom is -0.344 e. The third-order valence-electron chi connectivity index (χ3n) is 2.67. The van der Waals surface area contributed by atoms with Crippen molar-refractivity contribution in [1.29, 1.82) is 0 Å². The summed E-state index contributed by atoms with van der Waals surface area (Å²) in [6.45, 7) is 4.66. The van der Waals surface area contributed by atoms with Crippen molar-refractivity contribution in [1.82, 2.24) is 9.97 Å². The van der Waals surface area contributed by atoms with E-state index in [-0.39, 0.29) is 0 Å². The maximum Gasteiger partial charge on any atom is 0.109 e. The van der Waals surface area contributed by atoms with Gasteiger partial charge in [0.1, 0.15) is 5.82 Å². The molecule has 1 aromatic carbocycles. The molecule has 0 fully saturated rings. The van der Waals surface area contributed by atoms with Gasteiger partial charge in [-0.2, -0.15) is 0 Å². The van der Waals surface area contributed by atoms with Crippen molar-refractivity contribution in [2.75, 3.05) is 0 Å². The average molecular weight is 250 g/mol. The smallest absolute Gasteiger partial charge is 0.109 e. The molecule has 0 unspecified atom stereocenters. The van der Waals surface area contributed by atoms with E-state index in [0.717, 1.165) is 27.8 Å². The predicted octanol–water partition coefficient (Wildman–Crippen LogP) is 3.31. The number of aromatic amines is 1. The molecule has 0 radical (unpaired) electrons. The van der Waals surface area contributed by atoms with Crippen LogP contribution in [0.25, 0.3) is 11.3 Å². The third kappa shape index (κ3) is 2.51. The lowest BCUT2D eigenvalue weighted by Crippen LogP contribution is -1.99. The van der Waals surface area contributed by atoms with Gasteiger partial charge < -0.3 is 10.7 Å². The highest BCUT2D eigenvalue weighted by Crippen LogP contribution is 2.25. The van der Waals surface area contributed by atoms with E-state index in [2.05, 4.69) is 23.8 Å². The summed E-state index contributed by atoms with van der Waals surface area (Å²) in [6.07, 6.45) is 0. The van der Waals surface area contributed by atoms with Crippen LogP contribution in [0.4, 0.5) is 0 Å². The first-order valence-electron chi connectivity index (χ1n) is 5.66. The number of nitrogens with zero attached hydrogens (tertiary/aromatic N) is 1. The molecule has 0 saturated carbocycles. The number of nitrogens with two attached hydrogens (primary N) is 1. The Kier molecular flexibility index (Phi) is 3.50. The number of hydrogen-bond donors (Lipinski definition) is 2. The summed E-state index contributed by atoms with van der Waals surface area (Å²) >= 11 is 5.88. The van der Waals surface area contributed by atoms with E-state index in [1.54, 1.807) is 0 Å². The average Bonchev–Trinajstić information content (AvgIpc) is 2.74. The first-order valence-corrected chi connectivity index (χ1v) is 6.04. The lowest BCUT2D eigenvalue weighted by molar-refractivity contribution is 0.788. The Balaban J connectivity index is 2.46. The number of aromatic nitrogens is 2. The number of rotatable bonds is 3. The summed E-state index contributed by atoms with van der Waals surface area (Å²) < 4.78 is 0. The SMILES string of the molecule is CC(C)c1nc(-c2ccc(Cl)cc2)c(CN)[nH]1. The molecule has 17 heavy (non-hydrogen) atoms. The van der Waals surface area contributed by atoms with Crippen LogP contribution in [0.2, 0.25) is 5.02 Å². The minimum atomic E-state index is 0.362. The van der Waals surface area contributed by atoms with Gasteiger partial charge in [0.25, 0.3) is 0 Å². The van der Waals surface area contributed by atoms with Crippen molar-refractivity contribution >= 4 is 11.6 Å². The van der Waals surface area contributed by atoms with Gasteiger partial charge in [-0.15, -0.1) is 0 Å². The van der Waals surface area contributed by atoms with Crippen molar-refractivity contribution in [2.24, 2.45) is 5.73 Å². The number of nitrogens with one attached hydrogen (secondary N) is 1. The summed E-state index contributed by atoms with van der Waals surface area (Å²) in [5.74, 6) is 1.33. The molecule has 3 nitrogen and oxygen atoms in total. The van der Waals surface area contributed by atoms with E-state index >= 15 is 0 Å². The molecule has 2 aromatic rings. The molecule has 1 aromatic heterocycles. The standard InChI is InChI=1S/C13H16ClN3/c1-8(2)13-16-11(7-15)12(17-13)9-3-5-10(14)6-4-9/h3-6,8H,7,15H2,1-2H3,(H,16,17). The zero-order chi connectivity index (χ0) is 12.4. The zero-order valence-corrected chi connectivity index (χ0v) is 10.8. The Bertz CT molecular complexity index is 500. The second kappa shape index (κ2) is 4.90. The fraction of sp³-hybridized carbons (Fsp3) is 0.308. The summed E-state index contributed by atoms with van der Waals surface area (Å²) in [5.41, 5.74) is 8.67. The van der Waals surface area contributed by atoms with Crippen LogP contribution < -0.4 is 5.73 Å². The first-order chi connectivity index (χ1) is 8.11. The molecular formula is C13H16ClN3. The molecule has 0 aliphatic rings. The lowest BCUT2D eigenvalue weighted by atomic mass is 10.1. The van der Waals surface area contributed by atoms with Crippen LogP contribution in [0.15, 0.2) is 24.3 Å². The van der Waals surface area contributed by atoms with Gasteiger partial charge in [0.2, 0.25) is 0 Å². The predicted molar refractivity (Wildman–Crippen MR) is 71.0 cm³/mol. The number of benzene rings is 1. The fourth-order valence-corrected chi connectivity index (χ4v) is 1.82. The normalized spacial score (nSPS) is 11.1. The summed E-state index contributed by atoms with van der Waals surface area (Å²) in [4.78, 5) is 7.88. The summed E-state index contributed by atoms with van der Waals surface area (Å²) in [7, 11) is 0. The highest BCUT2D eigenvalue weighted by molar-refractivity contribution is 6.30. The maximum absolute atomic E-state index is 5.88. The van der Waals surface area contributed by atoms with Crippen molar-refractivity contribution in [3.63, 3.8) is 0 Å². The van der Waals surface area contributed by atoms with Crippen LogP contribution in [0.3, 0.4) is 0 Å². The van der Waals surface area contributed by atoms with Gasteiger partial charge in [-0.3, -0.25) is 0 Å². The number of halogens is 1. The Morgan fingerprint density at radius 2 is 1.94 bits per heavy atom. The van der Waals surface area contributed by atoms with Crippen LogP contribution in [0.1, 0.15) is 31.3 Å². The number of hydrogen-bond acceptors (Lipinski definition) is 2. The molecule has 0 saturated heterocycles. The highest BCUT2D eigenvalue weighted by atomic mass is 35.5. The minimum absolute atomic E-state index is 0.362. The van der Waals surface area contributed by atoms with E-state index in [1.165, 1.54) is 0 Å². The molecule has 3 N–H and O–H groups in total. The molecule has 4 heteroatoms. The third-order valence-corrected chi connectivity index (χ3v) is 2.92. The number of imidazole rings is 1. The molecular weight excluding hydrogens is 234 g/mol. The highest BCUT2D eigenvalue weighted by Gasteiger charge is 2.12. The maximum atomic E-state index is 5.88. The van der Waals surface area contributed by atoms with Crippen molar-refractivity contribution < 1.29 is 0 Å². The molecule has 0 spiro atoms. The van der Waals surface area contributed by atoms with Crippen molar-refractivity contribution in [2.45, 2.75) is 26.3 Å². The Hall–Kier alpha value is -1.32. The van der Waals surface area contributed by atoms with Crippen molar-refractivity contribution in [3.05, 3.63) is 40.8 Å². The van der Waals surface area contributed by atoms with Crippen LogP contribution in [-0.4, -0.2) is 9.97 Å². The first kappa shape index (κ1) is 12.1. The largest absolute Gasteiger partial charge is 0.344 e. The Labute approximate surface area is 106 Å². The molecule has 0 aliphatic carbocycles. The van der Waals surface area contributed by atoms with Gasteiger partial charge in [-0.25, -0.2) is 4.98 Å². The van der Waals surface area contributed by atoms with Gasteiger partial charge in [0.05, 0.1) is 11.4 Å². The lowest BCUT2D eigenvalue weighted by Gasteiger charge is -2.00. The molecule has 2 rings (SSSR count). The van der Waals surface area contributed by atoms with E-state index < -0.39 is 0 Å². The van der Waals surface area contributed by atoms with E-state index in [9.17, 15) is 0 Å². The summed E-state index contributed by atoms with van der Waals surface area (Å²) in [6, 6.07) is 7.64. The molecule has 0 bridgehead atoms. The van der Waals surface area contributed by atoms with Gasteiger partial charge in [-0.05, 0) is 12.1 Å². The molecule has 1 heterocycles. The monoisotopic (exact) mass is 249 g/mol. The van der Waals surface area contributed by atoms with Crippen LogP contribution >= 0.6 is 11.6 Å². The quantitative estimate of drug-likeness (QED) is 0.877. The van der Waals surface area contributed by atoms with Gasteiger partial charge in [0.15, 0.2) is 0 Å². The number of H-pyrrole nitrogens is 1. The second-order valence-corrected chi connectivity index (χ2v) is 4.75. The molecule has 90 valence electrons. The molecule has 0 atom stereocenters. The Morgan fingerprint density at radius 3 is 2.47 bits per heavy atom. The second-order valence-electron chi connectivity index (χ2n) is 4.31. The van der Waals surface area contributed by atoms with Crippen molar-refractivity contribution in [3.8, 4) is 11.3 Å². The van der Waals surface area contributed by atoms with E-state index in [0.29, 0.717) is 12.5 Å². The van der Waals surface area contributed by atoms with E-state index in [4.69, 9.17) is 17.3 Å². The summed E-state index contributed by atoms with van der Waals surface area (Å²) in [5, 5.41) is 0.725. The zero-order valence-electron chi connectivity index (χ0n) is 10.00. The van der Waals surface area contributed by atoms with Crippen LogP contribution in [-0.2, 0) is 6.54 Å². The van der Waals surface area contributed by atoms with Gasteiger partial charge in [-0.1, -0.05) is 37.6 Å². The van der Waals surface area contributed by atoms with E-state index in [1.807, 2.05) is 24.3 Å². The van der Waals surface area contributed by atoms with Gasteiger partial charge in [0, 0.05) is 23.0 Å². The van der Waals surface area contributed by atoms with Gasteiger partial charge >= 0.3 is 0 Å². The molecule has 0 amide bonds.